The summed E-state index contributed by atoms with van der Waals surface area (Å²) >= 11 is 0. The van der Waals surface area contributed by atoms with E-state index in [1.54, 1.807) is 0 Å². The first-order chi connectivity index (χ1) is 8.15. The van der Waals surface area contributed by atoms with Crippen molar-refractivity contribution in [2.75, 3.05) is 26.3 Å². The van der Waals surface area contributed by atoms with Crippen molar-refractivity contribution in [1.29, 1.82) is 0 Å². The standard InChI is InChI=1S/C12H21NO4/c1-9-6-10(2-4-16-9)13-3-5-17-11(8-13)7-12(14)15/h9-11H,2-8H2,1H3,(H,14,15). The van der Waals surface area contributed by atoms with E-state index in [2.05, 4.69) is 11.8 Å². The van der Waals surface area contributed by atoms with Crippen LogP contribution in [-0.4, -0.2) is 60.5 Å². The van der Waals surface area contributed by atoms with Crippen molar-refractivity contribution in [3.05, 3.63) is 0 Å². The molecule has 0 aromatic carbocycles. The minimum Gasteiger partial charge on any atom is -0.481 e. The molecule has 5 nitrogen and oxygen atoms in total. The third kappa shape index (κ3) is 3.66. The molecule has 0 aliphatic carbocycles. The molecule has 2 fully saturated rings. The van der Waals surface area contributed by atoms with Crippen molar-refractivity contribution < 1.29 is 19.4 Å². The Hall–Kier alpha value is -0.650. The Morgan fingerprint density at radius 1 is 1.41 bits per heavy atom. The van der Waals surface area contributed by atoms with Crippen LogP contribution in [0.1, 0.15) is 26.2 Å². The van der Waals surface area contributed by atoms with Gasteiger partial charge in [0.25, 0.3) is 0 Å². The monoisotopic (exact) mass is 243 g/mol. The number of carboxylic acids is 1. The van der Waals surface area contributed by atoms with Crippen LogP contribution in [0.2, 0.25) is 0 Å². The Morgan fingerprint density at radius 3 is 2.94 bits per heavy atom. The number of carbonyl (C=O) groups is 1. The van der Waals surface area contributed by atoms with Gasteiger partial charge in [-0.3, -0.25) is 9.69 Å². The van der Waals surface area contributed by atoms with E-state index in [0.717, 1.165) is 32.5 Å². The van der Waals surface area contributed by atoms with Gasteiger partial charge in [0.2, 0.25) is 0 Å². The molecule has 0 aromatic rings. The van der Waals surface area contributed by atoms with E-state index < -0.39 is 5.97 Å². The maximum absolute atomic E-state index is 10.7. The molecule has 2 aliphatic heterocycles. The molecule has 0 saturated carbocycles. The van der Waals surface area contributed by atoms with E-state index in [1.165, 1.54) is 0 Å². The van der Waals surface area contributed by atoms with Crippen LogP contribution in [0, 0.1) is 0 Å². The minimum atomic E-state index is -0.780. The Labute approximate surface area is 102 Å². The third-order valence-electron chi connectivity index (χ3n) is 3.55. The van der Waals surface area contributed by atoms with Gasteiger partial charge in [0, 0.05) is 25.7 Å². The van der Waals surface area contributed by atoms with Crippen LogP contribution in [0.4, 0.5) is 0 Å². The molecular weight excluding hydrogens is 222 g/mol. The highest BCUT2D eigenvalue weighted by Gasteiger charge is 2.30. The summed E-state index contributed by atoms with van der Waals surface area (Å²) in [6.45, 7) is 5.20. The first-order valence-corrected chi connectivity index (χ1v) is 6.34. The van der Waals surface area contributed by atoms with Crippen LogP contribution in [-0.2, 0) is 14.3 Å². The third-order valence-corrected chi connectivity index (χ3v) is 3.55. The summed E-state index contributed by atoms with van der Waals surface area (Å²) in [6.07, 6.45) is 2.35. The van der Waals surface area contributed by atoms with E-state index >= 15 is 0 Å². The van der Waals surface area contributed by atoms with Crippen molar-refractivity contribution in [2.24, 2.45) is 0 Å². The highest BCUT2D eigenvalue weighted by molar-refractivity contribution is 5.67. The van der Waals surface area contributed by atoms with Gasteiger partial charge in [-0.05, 0) is 19.8 Å². The highest BCUT2D eigenvalue weighted by atomic mass is 16.5. The molecule has 0 bridgehead atoms. The number of aliphatic carboxylic acids is 1. The van der Waals surface area contributed by atoms with Crippen LogP contribution in [0.5, 0.6) is 0 Å². The summed E-state index contributed by atoms with van der Waals surface area (Å²) in [6, 6.07) is 0.527. The lowest BCUT2D eigenvalue weighted by molar-refractivity contribution is -0.143. The smallest absolute Gasteiger partial charge is 0.306 e. The highest BCUT2D eigenvalue weighted by Crippen LogP contribution is 2.21. The van der Waals surface area contributed by atoms with Crippen LogP contribution in [0.25, 0.3) is 0 Å². The molecule has 3 unspecified atom stereocenters. The maximum Gasteiger partial charge on any atom is 0.306 e. The van der Waals surface area contributed by atoms with Gasteiger partial charge < -0.3 is 14.6 Å². The van der Waals surface area contributed by atoms with E-state index in [1.807, 2.05) is 0 Å². The first-order valence-electron chi connectivity index (χ1n) is 6.34. The fourth-order valence-electron chi connectivity index (χ4n) is 2.70. The molecule has 0 spiro atoms. The Kier molecular flexibility index (Phi) is 4.36. The summed E-state index contributed by atoms with van der Waals surface area (Å²) in [5.74, 6) is -0.780. The van der Waals surface area contributed by atoms with E-state index in [4.69, 9.17) is 14.6 Å². The number of rotatable bonds is 3. The molecule has 2 heterocycles. The molecule has 0 aromatic heterocycles. The number of ether oxygens (including phenoxy) is 2. The number of nitrogens with zero attached hydrogens (tertiary/aromatic N) is 1. The average molecular weight is 243 g/mol. The molecule has 2 saturated heterocycles. The van der Waals surface area contributed by atoms with Crippen molar-refractivity contribution >= 4 is 5.97 Å². The van der Waals surface area contributed by atoms with Crippen LogP contribution in [0.15, 0.2) is 0 Å². The van der Waals surface area contributed by atoms with Gasteiger partial charge in [0.15, 0.2) is 0 Å². The average Bonchev–Trinajstić information content (AvgIpc) is 2.28. The van der Waals surface area contributed by atoms with Gasteiger partial charge in [-0.25, -0.2) is 0 Å². The summed E-state index contributed by atoms with van der Waals surface area (Å²) < 4.78 is 11.0. The molecule has 3 atom stereocenters. The number of morpholine rings is 1. The van der Waals surface area contributed by atoms with Crippen molar-refractivity contribution in [1.82, 2.24) is 4.90 Å². The van der Waals surface area contributed by atoms with Crippen LogP contribution < -0.4 is 0 Å². The summed E-state index contributed by atoms with van der Waals surface area (Å²) in [4.78, 5) is 13.1. The molecule has 2 rings (SSSR count). The normalized spacial score (nSPS) is 35.7. The predicted molar refractivity (Wildman–Crippen MR) is 62.0 cm³/mol. The number of hydrogen-bond acceptors (Lipinski definition) is 4. The second-order valence-corrected chi connectivity index (χ2v) is 4.95. The van der Waals surface area contributed by atoms with Gasteiger partial charge in [0.05, 0.1) is 25.2 Å². The van der Waals surface area contributed by atoms with E-state index in [9.17, 15) is 4.79 Å². The van der Waals surface area contributed by atoms with Gasteiger partial charge in [0.1, 0.15) is 0 Å². The minimum absolute atomic E-state index is 0.106. The first kappa shape index (κ1) is 12.8. The van der Waals surface area contributed by atoms with Crippen molar-refractivity contribution in [3.63, 3.8) is 0 Å². The fourth-order valence-corrected chi connectivity index (χ4v) is 2.70. The lowest BCUT2D eigenvalue weighted by Gasteiger charge is -2.41. The zero-order chi connectivity index (χ0) is 12.3. The molecule has 98 valence electrons. The van der Waals surface area contributed by atoms with Crippen LogP contribution >= 0.6 is 0 Å². The quantitative estimate of drug-likeness (QED) is 0.792. The van der Waals surface area contributed by atoms with Gasteiger partial charge >= 0.3 is 5.97 Å². The molecule has 5 heteroatoms. The topological polar surface area (TPSA) is 59.0 Å². The number of carboxylic acid groups (broad SMARTS) is 1. The molecule has 0 radical (unpaired) electrons. The van der Waals surface area contributed by atoms with Crippen LogP contribution in [0.3, 0.4) is 0 Å². The Morgan fingerprint density at radius 2 is 2.24 bits per heavy atom. The van der Waals surface area contributed by atoms with Gasteiger partial charge in [-0.15, -0.1) is 0 Å². The van der Waals surface area contributed by atoms with Gasteiger partial charge in [-0.1, -0.05) is 0 Å². The number of hydrogen-bond donors (Lipinski definition) is 1. The summed E-state index contributed by atoms with van der Waals surface area (Å²) in [5.41, 5.74) is 0. The zero-order valence-corrected chi connectivity index (χ0v) is 10.3. The maximum atomic E-state index is 10.7. The molecular formula is C12H21NO4. The second-order valence-electron chi connectivity index (χ2n) is 4.95. The second kappa shape index (κ2) is 5.80. The lowest BCUT2D eigenvalue weighted by atomic mass is 10.0. The lowest BCUT2D eigenvalue weighted by Crippen LogP contribution is -2.50. The van der Waals surface area contributed by atoms with Crippen molar-refractivity contribution in [2.45, 2.75) is 44.4 Å². The summed E-state index contributed by atoms with van der Waals surface area (Å²) in [7, 11) is 0. The van der Waals surface area contributed by atoms with Crippen molar-refractivity contribution in [3.8, 4) is 0 Å². The van der Waals surface area contributed by atoms with Gasteiger partial charge in [-0.2, -0.15) is 0 Å². The summed E-state index contributed by atoms with van der Waals surface area (Å²) in [5, 5.41) is 8.79. The SMILES string of the molecule is CC1CC(N2CCOC(CC(=O)O)C2)CCO1. The van der Waals surface area contributed by atoms with E-state index in [-0.39, 0.29) is 12.5 Å². The largest absolute Gasteiger partial charge is 0.481 e. The molecule has 2 aliphatic rings. The molecule has 1 N–H and O–H groups in total. The fraction of sp³-hybridized carbons (Fsp3) is 0.917. The predicted octanol–water partition coefficient (Wildman–Crippen LogP) is 0.729. The Balaban J connectivity index is 1.85. The molecule has 17 heavy (non-hydrogen) atoms. The van der Waals surface area contributed by atoms with E-state index in [0.29, 0.717) is 18.8 Å². The Bertz CT molecular complexity index is 271. The molecule has 0 amide bonds. The zero-order valence-electron chi connectivity index (χ0n) is 10.3.